The van der Waals surface area contributed by atoms with Crippen molar-refractivity contribution in [2.75, 3.05) is 18.5 Å². The molecule has 30 heavy (non-hydrogen) atoms. The number of para-hydroxylation sites is 2. The number of hydrogen-bond donors (Lipinski definition) is 1. The number of ether oxygens (including phenoxy) is 3. The summed E-state index contributed by atoms with van der Waals surface area (Å²) in [5, 5.41) is 2.82. The fourth-order valence-electron chi connectivity index (χ4n) is 6.13. The molecule has 0 unspecified atom stereocenters. The topological polar surface area (TPSA) is 56.8 Å². The van der Waals surface area contributed by atoms with Gasteiger partial charge in [0.2, 0.25) is 0 Å². The summed E-state index contributed by atoms with van der Waals surface area (Å²) in [5.41, 5.74) is 1.37. The molecular formula is C25H29NO4. The number of rotatable bonds is 3. The molecule has 1 N–H and O–H groups in total. The monoisotopic (exact) mass is 407 g/mol. The second-order valence-corrected chi connectivity index (χ2v) is 9.40. The van der Waals surface area contributed by atoms with Gasteiger partial charge in [0.1, 0.15) is 18.0 Å². The maximum Gasteiger partial charge on any atom is 0.411 e. The number of nitrogens with one attached hydrogen (secondary N) is 1. The maximum absolute atomic E-state index is 12.4. The summed E-state index contributed by atoms with van der Waals surface area (Å²) in [4.78, 5) is 12.4. The third kappa shape index (κ3) is 2.90. The average molecular weight is 408 g/mol. The van der Waals surface area contributed by atoms with Gasteiger partial charge in [0.15, 0.2) is 0 Å². The highest BCUT2D eigenvalue weighted by Gasteiger charge is 2.64. The van der Waals surface area contributed by atoms with Gasteiger partial charge in [0.05, 0.1) is 12.7 Å². The third-order valence-electron chi connectivity index (χ3n) is 7.76. The van der Waals surface area contributed by atoms with Crippen LogP contribution in [0.1, 0.15) is 38.9 Å². The number of carbonyl (C=O) groups excluding carboxylic acids is 1. The van der Waals surface area contributed by atoms with E-state index >= 15 is 0 Å². The molecule has 2 fully saturated rings. The van der Waals surface area contributed by atoms with Crippen molar-refractivity contribution in [3.63, 3.8) is 0 Å². The highest BCUT2D eigenvalue weighted by molar-refractivity contribution is 5.84. The fraction of sp³-hybridized carbons (Fsp3) is 0.480. The second kappa shape index (κ2) is 7.02. The van der Waals surface area contributed by atoms with Gasteiger partial charge in [-0.2, -0.15) is 0 Å². The molecule has 0 radical (unpaired) electrons. The predicted molar refractivity (Wildman–Crippen MR) is 114 cm³/mol. The Bertz CT molecular complexity index is 947. The van der Waals surface area contributed by atoms with Crippen molar-refractivity contribution >= 4 is 11.8 Å². The summed E-state index contributed by atoms with van der Waals surface area (Å²) in [5.74, 6) is 1.75. The van der Waals surface area contributed by atoms with E-state index in [1.807, 2.05) is 48.5 Å². The van der Waals surface area contributed by atoms with Crippen molar-refractivity contribution < 1.29 is 19.0 Å². The minimum Gasteiger partial charge on any atom is -0.487 e. The Morgan fingerprint density at radius 2 is 1.87 bits per heavy atom. The smallest absolute Gasteiger partial charge is 0.411 e. The Hall–Kier alpha value is -2.53. The van der Waals surface area contributed by atoms with Crippen LogP contribution in [-0.2, 0) is 9.47 Å². The summed E-state index contributed by atoms with van der Waals surface area (Å²) >= 11 is 0. The molecule has 1 amide bonds. The molecule has 1 saturated carbocycles. The zero-order chi connectivity index (χ0) is 20.9. The van der Waals surface area contributed by atoms with Gasteiger partial charge in [-0.15, -0.1) is 0 Å². The van der Waals surface area contributed by atoms with E-state index in [2.05, 4.69) is 32.2 Å². The van der Waals surface area contributed by atoms with Crippen molar-refractivity contribution in [3.8, 4) is 5.75 Å². The Balaban J connectivity index is 1.38. The zero-order valence-corrected chi connectivity index (χ0v) is 17.8. The molecule has 158 valence electrons. The van der Waals surface area contributed by atoms with E-state index < -0.39 is 6.09 Å². The first-order valence-corrected chi connectivity index (χ1v) is 10.8. The lowest BCUT2D eigenvalue weighted by atomic mass is 9.50. The molecule has 2 aliphatic heterocycles. The molecule has 2 heterocycles. The molecule has 5 rings (SSSR count). The van der Waals surface area contributed by atoms with Crippen LogP contribution in [0.4, 0.5) is 10.5 Å². The van der Waals surface area contributed by atoms with Gasteiger partial charge < -0.3 is 14.2 Å². The summed E-state index contributed by atoms with van der Waals surface area (Å²) in [6.07, 6.45) is 0.518. The van der Waals surface area contributed by atoms with Crippen LogP contribution in [0.25, 0.3) is 0 Å². The maximum atomic E-state index is 12.4. The number of fused-ring (bicyclic) bond motifs is 3. The van der Waals surface area contributed by atoms with Gasteiger partial charge >= 0.3 is 6.09 Å². The highest BCUT2D eigenvalue weighted by atomic mass is 16.6. The van der Waals surface area contributed by atoms with E-state index in [1.54, 1.807) is 0 Å². The normalized spacial score (nSPS) is 36.2. The van der Waals surface area contributed by atoms with Crippen LogP contribution in [0, 0.1) is 23.2 Å². The summed E-state index contributed by atoms with van der Waals surface area (Å²) in [6, 6.07) is 17.6. The van der Waals surface area contributed by atoms with E-state index in [-0.39, 0.29) is 23.0 Å². The van der Waals surface area contributed by atoms with Crippen molar-refractivity contribution in [1.29, 1.82) is 0 Å². The first kappa shape index (κ1) is 19.4. The van der Waals surface area contributed by atoms with Crippen LogP contribution in [0.3, 0.4) is 0 Å². The molecule has 0 spiro atoms. The fourth-order valence-corrected chi connectivity index (χ4v) is 6.13. The van der Waals surface area contributed by atoms with Gasteiger partial charge in [0.25, 0.3) is 0 Å². The molecule has 5 nitrogen and oxygen atoms in total. The van der Waals surface area contributed by atoms with Gasteiger partial charge in [-0.1, -0.05) is 50.2 Å². The minimum absolute atomic E-state index is 0.0220. The Labute approximate surface area is 177 Å². The van der Waals surface area contributed by atoms with Crippen molar-refractivity contribution in [2.45, 2.75) is 38.9 Å². The van der Waals surface area contributed by atoms with E-state index in [1.165, 1.54) is 0 Å². The molecular weight excluding hydrogens is 378 g/mol. The molecule has 2 aromatic carbocycles. The van der Waals surface area contributed by atoms with E-state index in [0.29, 0.717) is 25.0 Å². The Kier molecular flexibility index (Phi) is 4.55. The van der Waals surface area contributed by atoms with E-state index in [4.69, 9.17) is 14.2 Å². The van der Waals surface area contributed by atoms with Crippen molar-refractivity contribution in [3.05, 3.63) is 60.2 Å². The summed E-state index contributed by atoms with van der Waals surface area (Å²) < 4.78 is 18.8. The van der Waals surface area contributed by atoms with Crippen LogP contribution >= 0.6 is 0 Å². The summed E-state index contributed by atoms with van der Waals surface area (Å²) in [6.45, 7) is 7.66. The molecule has 0 aromatic heterocycles. The first-order chi connectivity index (χ1) is 14.4. The van der Waals surface area contributed by atoms with Crippen LogP contribution in [0.2, 0.25) is 0 Å². The summed E-state index contributed by atoms with van der Waals surface area (Å²) in [7, 11) is 0. The SMILES string of the molecule is C[C@@H]1C[C@]2(C)Oc3ccccc3[C@H]3OC[C@@]1(COC(=O)Nc1ccccc1)[C@H](C)[C@H]32. The van der Waals surface area contributed by atoms with E-state index in [0.717, 1.165) is 23.4 Å². The number of hydrogen-bond acceptors (Lipinski definition) is 4. The molecule has 2 bridgehead atoms. The molecule has 2 aromatic rings. The van der Waals surface area contributed by atoms with Crippen LogP contribution in [-0.4, -0.2) is 24.9 Å². The number of benzene rings is 2. The van der Waals surface area contributed by atoms with Crippen LogP contribution in [0.5, 0.6) is 5.75 Å². The van der Waals surface area contributed by atoms with Gasteiger partial charge in [-0.3, -0.25) is 5.32 Å². The zero-order valence-electron chi connectivity index (χ0n) is 17.8. The largest absolute Gasteiger partial charge is 0.487 e. The average Bonchev–Trinajstić information content (AvgIpc) is 2.73. The lowest BCUT2D eigenvalue weighted by Gasteiger charge is -2.63. The third-order valence-corrected chi connectivity index (χ3v) is 7.76. The first-order valence-electron chi connectivity index (χ1n) is 10.8. The Morgan fingerprint density at radius 1 is 1.13 bits per heavy atom. The predicted octanol–water partition coefficient (Wildman–Crippen LogP) is 5.44. The number of anilines is 1. The number of amides is 1. The number of carbonyl (C=O) groups is 1. The van der Waals surface area contributed by atoms with Gasteiger partial charge in [0, 0.05) is 22.6 Å². The minimum atomic E-state index is -0.421. The molecule has 1 saturated heterocycles. The van der Waals surface area contributed by atoms with Crippen molar-refractivity contribution in [2.24, 2.45) is 23.2 Å². The quantitative estimate of drug-likeness (QED) is 0.736. The molecule has 5 heteroatoms. The molecule has 3 aliphatic rings. The lowest BCUT2D eigenvalue weighted by molar-refractivity contribution is -0.259. The second-order valence-electron chi connectivity index (χ2n) is 9.40. The highest BCUT2D eigenvalue weighted by Crippen LogP contribution is 2.63. The van der Waals surface area contributed by atoms with Crippen molar-refractivity contribution in [1.82, 2.24) is 0 Å². The molecule has 6 atom stereocenters. The Morgan fingerprint density at radius 3 is 2.67 bits per heavy atom. The van der Waals surface area contributed by atoms with Crippen LogP contribution in [0.15, 0.2) is 54.6 Å². The van der Waals surface area contributed by atoms with Gasteiger partial charge in [-0.05, 0) is 43.4 Å². The standard InChI is InChI=1S/C25H29NO4/c1-16-13-24(3)21-17(2)25(16,15-29-23(27)26-18-9-5-4-6-10-18)14-28-22(21)19-11-7-8-12-20(19)30-24/h4-12,16-17,21-22H,13-15H2,1-3H3,(H,26,27)/t16-,17-,21-,22-,24+,25+/m1/s1. The van der Waals surface area contributed by atoms with E-state index in [9.17, 15) is 4.79 Å². The van der Waals surface area contributed by atoms with Gasteiger partial charge in [-0.25, -0.2) is 4.79 Å². The molecule has 1 aliphatic carbocycles. The lowest BCUT2D eigenvalue weighted by Crippen LogP contribution is -2.66. The van der Waals surface area contributed by atoms with Crippen LogP contribution < -0.4 is 10.1 Å².